The van der Waals surface area contributed by atoms with E-state index in [1.807, 2.05) is 6.92 Å². The van der Waals surface area contributed by atoms with Gasteiger partial charge in [0.25, 0.3) is 0 Å². The van der Waals surface area contributed by atoms with Crippen molar-refractivity contribution in [1.29, 1.82) is 0 Å². The predicted molar refractivity (Wildman–Crippen MR) is 76.0 cm³/mol. The second-order valence-electron chi connectivity index (χ2n) is 4.12. The van der Waals surface area contributed by atoms with E-state index in [4.69, 9.17) is 9.15 Å². The molecule has 0 bridgehead atoms. The van der Waals surface area contributed by atoms with Gasteiger partial charge < -0.3 is 14.5 Å². The van der Waals surface area contributed by atoms with Gasteiger partial charge in [-0.3, -0.25) is 0 Å². The van der Waals surface area contributed by atoms with Gasteiger partial charge in [-0.25, -0.2) is 9.78 Å². The van der Waals surface area contributed by atoms with Gasteiger partial charge in [-0.2, -0.15) is 4.37 Å². The Morgan fingerprint density at radius 2 is 2.30 bits per heavy atom. The minimum atomic E-state index is -0.358. The van der Waals surface area contributed by atoms with Gasteiger partial charge in [0, 0.05) is 6.42 Å². The first-order valence-corrected chi connectivity index (χ1v) is 7.23. The third-order valence-corrected chi connectivity index (χ3v) is 3.59. The highest BCUT2D eigenvalue weighted by atomic mass is 32.1. The molecule has 7 heteroatoms. The summed E-state index contributed by atoms with van der Waals surface area (Å²) < 4.78 is 14.7. The number of carbonyl (C=O) groups is 1. The average Bonchev–Trinajstić information content (AvgIpc) is 3.03. The zero-order valence-electron chi connectivity index (χ0n) is 11.7. The zero-order valence-corrected chi connectivity index (χ0v) is 12.5. The van der Waals surface area contributed by atoms with Crippen LogP contribution in [-0.4, -0.2) is 21.9 Å². The van der Waals surface area contributed by atoms with Crippen molar-refractivity contribution < 1.29 is 13.9 Å². The topological polar surface area (TPSA) is 77.2 Å². The summed E-state index contributed by atoms with van der Waals surface area (Å²) in [6.07, 6.45) is 2.52. The minimum Gasteiger partial charge on any atom is -0.462 e. The minimum absolute atomic E-state index is 0.340. The Morgan fingerprint density at radius 3 is 2.95 bits per heavy atom. The van der Waals surface area contributed by atoms with Crippen LogP contribution in [0.2, 0.25) is 0 Å². The summed E-state index contributed by atoms with van der Waals surface area (Å²) >= 11 is 1.23. The Balaban J connectivity index is 2.07. The predicted octanol–water partition coefficient (Wildman–Crippen LogP) is 2.79. The lowest BCUT2D eigenvalue weighted by atomic mass is 10.2. The van der Waals surface area contributed by atoms with E-state index in [1.165, 1.54) is 11.5 Å². The molecule has 2 rings (SSSR count). The molecule has 0 aliphatic rings. The number of rotatable bonds is 6. The summed E-state index contributed by atoms with van der Waals surface area (Å²) in [4.78, 5) is 16.0. The Labute approximate surface area is 121 Å². The molecule has 0 aromatic carbocycles. The van der Waals surface area contributed by atoms with Crippen molar-refractivity contribution in [2.24, 2.45) is 0 Å². The Bertz CT molecular complexity index is 591. The number of esters is 1. The summed E-state index contributed by atoms with van der Waals surface area (Å²) in [7, 11) is 0. The molecule has 20 heavy (non-hydrogen) atoms. The first-order chi connectivity index (χ1) is 9.65. The quantitative estimate of drug-likeness (QED) is 0.826. The number of carbonyl (C=O) groups excluding carboxylic acids is 1. The van der Waals surface area contributed by atoms with Crippen molar-refractivity contribution in [2.75, 3.05) is 11.9 Å². The molecule has 0 spiro atoms. The molecule has 0 amide bonds. The van der Waals surface area contributed by atoms with Gasteiger partial charge in [0.05, 0.1) is 25.0 Å². The van der Waals surface area contributed by atoms with E-state index >= 15 is 0 Å². The Kier molecular flexibility index (Phi) is 4.73. The monoisotopic (exact) mass is 295 g/mol. The highest BCUT2D eigenvalue weighted by molar-refractivity contribution is 7.10. The number of ether oxygens (including phenoxy) is 1. The largest absolute Gasteiger partial charge is 0.462 e. The van der Waals surface area contributed by atoms with E-state index < -0.39 is 0 Å². The first kappa shape index (κ1) is 14.5. The van der Waals surface area contributed by atoms with E-state index in [9.17, 15) is 4.79 Å². The molecular formula is C13H17N3O3S. The number of nitrogens with zero attached hydrogens (tertiary/aromatic N) is 2. The second kappa shape index (κ2) is 6.51. The number of hydrogen-bond acceptors (Lipinski definition) is 7. The van der Waals surface area contributed by atoms with Crippen LogP contribution < -0.4 is 5.32 Å². The molecule has 2 aromatic heterocycles. The van der Waals surface area contributed by atoms with Crippen LogP contribution in [0.25, 0.3) is 0 Å². The molecule has 0 atom stereocenters. The maximum Gasteiger partial charge on any atom is 0.343 e. The standard InChI is InChI=1S/C13H17N3O3S/c1-4-9-6-14-10(19-9)7-15-12-11(8(3)16-20-12)13(17)18-5-2/h6,15H,4-5,7H2,1-3H3. The fraction of sp³-hybridized carbons (Fsp3) is 0.462. The van der Waals surface area contributed by atoms with Crippen molar-refractivity contribution >= 4 is 22.5 Å². The van der Waals surface area contributed by atoms with Crippen molar-refractivity contribution in [2.45, 2.75) is 33.7 Å². The summed E-state index contributed by atoms with van der Waals surface area (Å²) in [5, 5.41) is 3.80. The molecule has 1 N–H and O–H groups in total. The third kappa shape index (κ3) is 3.16. The van der Waals surface area contributed by atoms with Crippen LogP contribution in [0.5, 0.6) is 0 Å². The maximum atomic E-state index is 11.9. The highest BCUT2D eigenvalue weighted by Crippen LogP contribution is 2.25. The molecular weight excluding hydrogens is 278 g/mol. The maximum absolute atomic E-state index is 11.9. The van der Waals surface area contributed by atoms with Crippen LogP contribution in [-0.2, 0) is 17.7 Å². The zero-order chi connectivity index (χ0) is 14.5. The van der Waals surface area contributed by atoms with Gasteiger partial charge in [-0.05, 0) is 25.4 Å². The van der Waals surface area contributed by atoms with Crippen LogP contribution in [0.3, 0.4) is 0 Å². The van der Waals surface area contributed by atoms with Gasteiger partial charge in [0.15, 0.2) is 0 Å². The van der Waals surface area contributed by atoms with Crippen LogP contribution >= 0.6 is 11.5 Å². The number of anilines is 1. The summed E-state index contributed by atoms with van der Waals surface area (Å²) in [5.74, 6) is 1.07. The third-order valence-electron chi connectivity index (χ3n) is 2.69. The van der Waals surface area contributed by atoms with Gasteiger partial charge in [0.1, 0.15) is 16.3 Å². The Hall–Kier alpha value is -1.89. The van der Waals surface area contributed by atoms with E-state index in [2.05, 4.69) is 14.7 Å². The molecule has 2 aromatic rings. The molecule has 0 saturated carbocycles. The molecule has 0 aliphatic carbocycles. The lowest BCUT2D eigenvalue weighted by Gasteiger charge is -2.05. The summed E-state index contributed by atoms with van der Waals surface area (Å²) in [5.41, 5.74) is 1.15. The number of aromatic nitrogens is 2. The van der Waals surface area contributed by atoms with E-state index in [0.29, 0.717) is 35.3 Å². The van der Waals surface area contributed by atoms with Crippen LogP contribution in [0, 0.1) is 6.92 Å². The molecule has 108 valence electrons. The van der Waals surface area contributed by atoms with Gasteiger partial charge in [-0.15, -0.1) is 0 Å². The van der Waals surface area contributed by atoms with Gasteiger partial charge >= 0.3 is 5.97 Å². The smallest absolute Gasteiger partial charge is 0.343 e. The highest BCUT2D eigenvalue weighted by Gasteiger charge is 2.19. The van der Waals surface area contributed by atoms with E-state index in [-0.39, 0.29) is 5.97 Å². The van der Waals surface area contributed by atoms with Crippen LogP contribution in [0.1, 0.15) is 41.6 Å². The van der Waals surface area contributed by atoms with Crippen LogP contribution in [0.15, 0.2) is 10.6 Å². The van der Waals surface area contributed by atoms with Gasteiger partial charge in [-0.1, -0.05) is 6.92 Å². The van der Waals surface area contributed by atoms with Gasteiger partial charge in [0.2, 0.25) is 5.89 Å². The number of aryl methyl sites for hydroxylation is 2. The molecule has 0 aliphatic heterocycles. The van der Waals surface area contributed by atoms with Crippen molar-refractivity contribution in [3.8, 4) is 0 Å². The molecule has 0 radical (unpaired) electrons. The SMILES string of the molecule is CCOC(=O)c1c(C)nsc1NCc1ncc(CC)o1. The first-order valence-electron chi connectivity index (χ1n) is 6.46. The molecule has 0 unspecified atom stereocenters. The van der Waals surface area contributed by atoms with Crippen molar-refractivity contribution in [3.63, 3.8) is 0 Å². The average molecular weight is 295 g/mol. The summed E-state index contributed by atoms with van der Waals surface area (Å²) in [6.45, 7) is 6.32. The number of nitrogens with one attached hydrogen (secondary N) is 1. The molecule has 2 heterocycles. The normalized spacial score (nSPS) is 10.6. The fourth-order valence-electron chi connectivity index (χ4n) is 1.68. The second-order valence-corrected chi connectivity index (χ2v) is 4.89. The Morgan fingerprint density at radius 1 is 1.50 bits per heavy atom. The lowest BCUT2D eigenvalue weighted by molar-refractivity contribution is 0.0527. The molecule has 0 fully saturated rings. The van der Waals surface area contributed by atoms with E-state index in [0.717, 1.165) is 12.2 Å². The molecule has 6 nitrogen and oxygen atoms in total. The lowest BCUT2D eigenvalue weighted by Crippen LogP contribution is -2.09. The summed E-state index contributed by atoms with van der Waals surface area (Å²) in [6, 6.07) is 0. The number of hydrogen-bond donors (Lipinski definition) is 1. The van der Waals surface area contributed by atoms with E-state index in [1.54, 1.807) is 20.0 Å². The van der Waals surface area contributed by atoms with Crippen molar-refractivity contribution in [1.82, 2.24) is 9.36 Å². The molecule has 0 saturated heterocycles. The van der Waals surface area contributed by atoms with Crippen LogP contribution in [0.4, 0.5) is 5.00 Å². The van der Waals surface area contributed by atoms with Crippen molar-refractivity contribution in [3.05, 3.63) is 29.1 Å². The number of oxazole rings is 1. The fourth-order valence-corrected chi connectivity index (χ4v) is 2.46.